The third kappa shape index (κ3) is 3.89. The van der Waals surface area contributed by atoms with E-state index in [1.165, 1.54) is 6.07 Å². The summed E-state index contributed by atoms with van der Waals surface area (Å²) in [6.45, 7) is 2.18. The molecule has 0 heterocycles. The Morgan fingerprint density at radius 3 is 2.71 bits per heavy atom. The van der Waals surface area contributed by atoms with E-state index in [-0.39, 0.29) is 11.8 Å². The number of hydrogen-bond donors (Lipinski definition) is 3. The number of aromatic hydroxyl groups is 1. The van der Waals surface area contributed by atoms with E-state index in [2.05, 4.69) is 10.6 Å². The summed E-state index contributed by atoms with van der Waals surface area (Å²) < 4.78 is 5.23. The van der Waals surface area contributed by atoms with Crippen molar-refractivity contribution in [2.45, 2.75) is 13.5 Å². The number of benzene rings is 2. The number of rotatable bonds is 4. The van der Waals surface area contributed by atoms with Crippen molar-refractivity contribution in [2.24, 2.45) is 0 Å². The van der Waals surface area contributed by atoms with Crippen molar-refractivity contribution in [2.75, 3.05) is 12.4 Å². The first kappa shape index (κ1) is 14.7. The van der Waals surface area contributed by atoms with Gasteiger partial charge in [0.25, 0.3) is 0 Å². The number of carbonyl (C=O) groups is 1. The molecule has 110 valence electrons. The van der Waals surface area contributed by atoms with Crippen LogP contribution in [0.5, 0.6) is 11.5 Å². The molecule has 2 aromatic carbocycles. The molecule has 0 aliphatic heterocycles. The standard InChI is InChI=1S/C16H18N2O3/c1-11-9-13(19)7-8-14(11)18-16(20)17-10-12-5-3-4-6-15(12)21-2/h3-9,19H,10H2,1-2H3,(H2,17,18,20). The van der Waals surface area contributed by atoms with Crippen LogP contribution in [0.2, 0.25) is 0 Å². The highest BCUT2D eigenvalue weighted by Crippen LogP contribution is 2.20. The van der Waals surface area contributed by atoms with Gasteiger partial charge in [-0.1, -0.05) is 18.2 Å². The van der Waals surface area contributed by atoms with Gasteiger partial charge in [-0.05, 0) is 36.8 Å². The van der Waals surface area contributed by atoms with Crippen molar-refractivity contribution in [3.63, 3.8) is 0 Å². The second kappa shape index (κ2) is 6.65. The fourth-order valence-corrected chi connectivity index (χ4v) is 1.98. The van der Waals surface area contributed by atoms with Crippen molar-refractivity contribution in [3.8, 4) is 11.5 Å². The van der Waals surface area contributed by atoms with Crippen LogP contribution in [0.3, 0.4) is 0 Å². The number of amides is 2. The molecule has 0 bridgehead atoms. The molecule has 5 heteroatoms. The lowest BCUT2D eigenvalue weighted by molar-refractivity contribution is 0.251. The molecule has 21 heavy (non-hydrogen) atoms. The molecule has 2 amide bonds. The highest BCUT2D eigenvalue weighted by Gasteiger charge is 2.07. The van der Waals surface area contributed by atoms with Gasteiger partial charge in [0, 0.05) is 17.8 Å². The van der Waals surface area contributed by atoms with Crippen LogP contribution in [0.15, 0.2) is 42.5 Å². The molecule has 0 atom stereocenters. The van der Waals surface area contributed by atoms with E-state index in [9.17, 15) is 9.90 Å². The summed E-state index contributed by atoms with van der Waals surface area (Å²) in [7, 11) is 1.60. The van der Waals surface area contributed by atoms with E-state index in [1.807, 2.05) is 31.2 Å². The highest BCUT2D eigenvalue weighted by molar-refractivity contribution is 5.90. The Morgan fingerprint density at radius 1 is 1.24 bits per heavy atom. The van der Waals surface area contributed by atoms with E-state index in [0.29, 0.717) is 12.2 Å². The number of hydrogen-bond acceptors (Lipinski definition) is 3. The molecule has 0 saturated carbocycles. The fourth-order valence-electron chi connectivity index (χ4n) is 1.98. The molecule has 0 saturated heterocycles. The van der Waals surface area contributed by atoms with Crippen LogP contribution in [0.25, 0.3) is 0 Å². The summed E-state index contributed by atoms with van der Waals surface area (Å²) in [6.07, 6.45) is 0. The molecule has 2 rings (SSSR count). The van der Waals surface area contributed by atoms with E-state index in [4.69, 9.17) is 4.74 Å². The van der Waals surface area contributed by atoms with Gasteiger partial charge < -0.3 is 20.5 Å². The highest BCUT2D eigenvalue weighted by atomic mass is 16.5. The molecule has 0 aliphatic rings. The largest absolute Gasteiger partial charge is 0.508 e. The van der Waals surface area contributed by atoms with Crippen LogP contribution in [-0.2, 0) is 6.54 Å². The van der Waals surface area contributed by atoms with Gasteiger partial charge >= 0.3 is 6.03 Å². The number of anilines is 1. The summed E-state index contributed by atoms with van der Waals surface area (Å²) in [5, 5.41) is 14.9. The molecule has 0 aromatic heterocycles. The first-order valence-corrected chi connectivity index (χ1v) is 6.56. The Balaban J connectivity index is 1.96. The summed E-state index contributed by atoms with van der Waals surface area (Å²) in [5.74, 6) is 0.908. The molecule has 0 fully saturated rings. The van der Waals surface area contributed by atoms with Gasteiger partial charge in [-0.25, -0.2) is 4.79 Å². The quantitative estimate of drug-likeness (QED) is 0.757. The Hall–Kier alpha value is -2.69. The van der Waals surface area contributed by atoms with Crippen LogP contribution in [-0.4, -0.2) is 18.2 Å². The predicted octanol–water partition coefficient (Wildman–Crippen LogP) is 3.03. The molecule has 3 N–H and O–H groups in total. The summed E-state index contributed by atoms with van der Waals surface area (Å²) in [6, 6.07) is 12.0. The van der Waals surface area contributed by atoms with Gasteiger partial charge in [0.2, 0.25) is 0 Å². The molecule has 0 radical (unpaired) electrons. The van der Waals surface area contributed by atoms with Gasteiger partial charge in [0.15, 0.2) is 0 Å². The number of ether oxygens (including phenoxy) is 1. The number of nitrogens with one attached hydrogen (secondary N) is 2. The average Bonchev–Trinajstić information content (AvgIpc) is 2.48. The molecular formula is C16H18N2O3. The second-order valence-corrected chi connectivity index (χ2v) is 4.62. The summed E-state index contributed by atoms with van der Waals surface area (Å²) in [5.41, 5.74) is 2.35. The van der Waals surface area contributed by atoms with Crippen LogP contribution >= 0.6 is 0 Å². The SMILES string of the molecule is COc1ccccc1CNC(=O)Nc1ccc(O)cc1C. The molecular weight excluding hydrogens is 268 g/mol. The number of phenols is 1. The average molecular weight is 286 g/mol. The monoisotopic (exact) mass is 286 g/mol. The lowest BCUT2D eigenvalue weighted by Crippen LogP contribution is -2.28. The van der Waals surface area contributed by atoms with Gasteiger partial charge in [0.05, 0.1) is 7.11 Å². The Kier molecular flexibility index (Phi) is 4.66. The predicted molar refractivity (Wildman–Crippen MR) is 81.7 cm³/mol. The van der Waals surface area contributed by atoms with Crippen LogP contribution in [0.1, 0.15) is 11.1 Å². The smallest absolute Gasteiger partial charge is 0.319 e. The van der Waals surface area contributed by atoms with Crippen LogP contribution in [0, 0.1) is 6.92 Å². The van der Waals surface area contributed by atoms with Crippen molar-refractivity contribution in [1.29, 1.82) is 0 Å². The van der Waals surface area contributed by atoms with Crippen LogP contribution < -0.4 is 15.4 Å². The summed E-state index contributed by atoms with van der Waals surface area (Å²) in [4.78, 5) is 11.9. The zero-order valence-electron chi connectivity index (χ0n) is 12.0. The maximum absolute atomic E-state index is 11.9. The third-order valence-corrected chi connectivity index (χ3v) is 3.09. The zero-order chi connectivity index (χ0) is 15.2. The van der Waals surface area contributed by atoms with Gasteiger partial charge in [0.1, 0.15) is 11.5 Å². The molecule has 0 unspecified atom stereocenters. The number of methoxy groups -OCH3 is 1. The minimum absolute atomic E-state index is 0.174. The third-order valence-electron chi connectivity index (χ3n) is 3.09. The first-order valence-electron chi connectivity index (χ1n) is 6.56. The molecule has 5 nitrogen and oxygen atoms in total. The fraction of sp³-hybridized carbons (Fsp3) is 0.188. The maximum atomic E-state index is 11.9. The van der Waals surface area contributed by atoms with Crippen molar-refractivity contribution in [1.82, 2.24) is 5.32 Å². The normalized spacial score (nSPS) is 10.0. The Bertz CT molecular complexity index is 641. The van der Waals surface area contributed by atoms with E-state index < -0.39 is 0 Å². The topological polar surface area (TPSA) is 70.6 Å². The second-order valence-electron chi connectivity index (χ2n) is 4.62. The van der Waals surface area contributed by atoms with E-state index in [1.54, 1.807) is 19.2 Å². The number of aryl methyl sites for hydroxylation is 1. The van der Waals surface area contributed by atoms with E-state index >= 15 is 0 Å². The maximum Gasteiger partial charge on any atom is 0.319 e. The number of urea groups is 1. The minimum atomic E-state index is -0.310. The van der Waals surface area contributed by atoms with Crippen LogP contribution in [0.4, 0.5) is 10.5 Å². The van der Waals surface area contributed by atoms with E-state index in [0.717, 1.165) is 16.9 Å². The van der Waals surface area contributed by atoms with Crippen molar-refractivity contribution in [3.05, 3.63) is 53.6 Å². The number of para-hydroxylation sites is 1. The number of phenolic OH excluding ortho intramolecular Hbond substituents is 1. The summed E-state index contributed by atoms with van der Waals surface area (Å²) >= 11 is 0. The van der Waals surface area contributed by atoms with Crippen molar-refractivity contribution < 1.29 is 14.6 Å². The van der Waals surface area contributed by atoms with Gasteiger partial charge in [-0.3, -0.25) is 0 Å². The zero-order valence-corrected chi connectivity index (χ0v) is 12.0. The number of carbonyl (C=O) groups excluding carboxylic acids is 1. The van der Waals surface area contributed by atoms with Crippen molar-refractivity contribution >= 4 is 11.7 Å². The Morgan fingerprint density at radius 2 is 2.00 bits per heavy atom. The lowest BCUT2D eigenvalue weighted by Gasteiger charge is -2.12. The van der Waals surface area contributed by atoms with Gasteiger partial charge in [-0.2, -0.15) is 0 Å². The first-order chi connectivity index (χ1) is 10.1. The Labute approximate surface area is 123 Å². The molecule has 2 aromatic rings. The lowest BCUT2D eigenvalue weighted by atomic mass is 10.2. The van der Waals surface area contributed by atoms with Gasteiger partial charge in [-0.15, -0.1) is 0 Å². The molecule has 0 aliphatic carbocycles. The molecule has 0 spiro atoms. The minimum Gasteiger partial charge on any atom is -0.508 e.